The zero-order valence-electron chi connectivity index (χ0n) is 22.5. The van der Waals surface area contributed by atoms with Crippen LogP contribution in [0.5, 0.6) is 0 Å². The van der Waals surface area contributed by atoms with Crippen LogP contribution in [0.3, 0.4) is 0 Å². The molecule has 2 aliphatic rings. The second kappa shape index (κ2) is 12.2. The van der Waals surface area contributed by atoms with Crippen LogP contribution in [-0.2, 0) is 11.3 Å². The van der Waals surface area contributed by atoms with Crippen molar-refractivity contribution in [2.75, 3.05) is 36.4 Å². The molecule has 0 radical (unpaired) electrons. The van der Waals surface area contributed by atoms with Crippen molar-refractivity contribution in [1.29, 1.82) is 0 Å². The molecule has 0 bridgehead atoms. The number of rotatable bonds is 7. The van der Waals surface area contributed by atoms with Crippen molar-refractivity contribution >= 4 is 41.1 Å². The highest BCUT2D eigenvalue weighted by molar-refractivity contribution is 7.99. The fourth-order valence-corrected chi connectivity index (χ4v) is 5.67. The molecule has 0 atom stereocenters. The Hall–Kier alpha value is -2.34. The molecule has 0 aliphatic carbocycles. The maximum absolute atomic E-state index is 12.3. The number of aliphatic hydroxyl groups is 1. The van der Waals surface area contributed by atoms with Gasteiger partial charge in [-0.05, 0) is 72.5 Å². The van der Waals surface area contributed by atoms with Crippen LogP contribution in [-0.4, -0.2) is 69.5 Å². The molecule has 0 aromatic carbocycles. The van der Waals surface area contributed by atoms with E-state index in [1.165, 1.54) is 11.8 Å². The fraction of sp³-hybridized carbons (Fsp3) is 0.615. The Morgan fingerprint density at radius 1 is 1.29 bits per heavy atom. The highest BCUT2D eigenvalue weighted by Crippen LogP contribution is 2.37. The van der Waals surface area contributed by atoms with Gasteiger partial charge in [-0.25, -0.2) is 19.7 Å². The number of piperidine rings is 2. The SMILES string of the molecule is CC1(NC(=O)OC(C)(C)C)CCN(c2ncc(Sc3ccnc(NC4CCNCC4)c3Cl)nc2CO)CC1. The quantitative estimate of drug-likeness (QED) is 0.389. The predicted octanol–water partition coefficient (Wildman–Crippen LogP) is 4.22. The van der Waals surface area contributed by atoms with Crippen molar-refractivity contribution < 1.29 is 14.6 Å². The molecule has 0 unspecified atom stereocenters. The van der Waals surface area contributed by atoms with E-state index in [2.05, 4.69) is 35.8 Å². The molecule has 208 valence electrons. The number of nitrogens with zero attached hydrogens (tertiary/aromatic N) is 4. The molecule has 2 saturated heterocycles. The molecule has 1 amide bonds. The summed E-state index contributed by atoms with van der Waals surface area (Å²) < 4.78 is 5.43. The number of hydrogen-bond acceptors (Lipinski definition) is 10. The van der Waals surface area contributed by atoms with Gasteiger partial charge in [-0.3, -0.25) is 0 Å². The van der Waals surface area contributed by atoms with E-state index in [4.69, 9.17) is 16.3 Å². The van der Waals surface area contributed by atoms with E-state index in [0.717, 1.165) is 43.7 Å². The van der Waals surface area contributed by atoms with Gasteiger partial charge in [0.2, 0.25) is 0 Å². The third-order valence-electron chi connectivity index (χ3n) is 6.67. The average molecular weight is 564 g/mol. The molecule has 0 saturated carbocycles. The molecular weight excluding hydrogens is 526 g/mol. The minimum Gasteiger partial charge on any atom is -0.444 e. The second-order valence-electron chi connectivity index (χ2n) is 11.1. The number of carbonyl (C=O) groups excluding carboxylic acids is 1. The van der Waals surface area contributed by atoms with Gasteiger partial charge < -0.3 is 30.7 Å². The minimum absolute atomic E-state index is 0.229. The number of halogens is 1. The van der Waals surface area contributed by atoms with E-state index >= 15 is 0 Å². The number of aromatic nitrogens is 3. The van der Waals surface area contributed by atoms with Crippen LogP contribution in [0.4, 0.5) is 16.4 Å². The molecule has 2 aromatic rings. The Morgan fingerprint density at radius 2 is 2.00 bits per heavy atom. The van der Waals surface area contributed by atoms with E-state index in [1.54, 1.807) is 12.4 Å². The number of alkyl carbamates (subject to hydrolysis) is 1. The monoisotopic (exact) mass is 563 g/mol. The molecular formula is C26H38ClN7O3S. The summed E-state index contributed by atoms with van der Waals surface area (Å²) in [5.74, 6) is 1.33. The summed E-state index contributed by atoms with van der Waals surface area (Å²) in [4.78, 5) is 29.0. The van der Waals surface area contributed by atoms with Gasteiger partial charge in [-0.1, -0.05) is 23.4 Å². The number of nitrogens with one attached hydrogen (secondary N) is 3. The van der Waals surface area contributed by atoms with Crippen molar-refractivity contribution in [2.45, 2.75) is 87.1 Å². The average Bonchev–Trinajstić information content (AvgIpc) is 2.86. The summed E-state index contributed by atoms with van der Waals surface area (Å²) >= 11 is 8.09. The Bertz CT molecular complexity index is 1120. The van der Waals surface area contributed by atoms with Crippen LogP contribution in [0.15, 0.2) is 28.4 Å². The lowest BCUT2D eigenvalue weighted by Crippen LogP contribution is -2.54. The van der Waals surface area contributed by atoms with Crippen molar-refractivity contribution in [3.05, 3.63) is 29.2 Å². The normalized spacial score (nSPS) is 18.2. The number of hydrogen-bond donors (Lipinski definition) is 4. The van der Waals surface area contributed by atoms with Crippen LogP contribution in [0.1, 0.15) is 59.1 Å². The van der Waals surface area contributed by atoms with Gasteiger partial charge in [-0.2, -0.15) is 0 Å². The summed E-state index contributed by atoms with van der Waals surface area (Å²) in [5, 5.41) is 21.1. The molecule has 4 rings (SSSR count). The molecule has 2 aliphatic heterocycles. The summed E-state index contributed by atoms with van der Waals surface area (Å²) in [6, 6.07) is 2.20. The van der Waals surface area contributed by atoms with E-state index < -0.39 is 11.7 Å². The number of pyridine rings is 1. The van der Waals surface area contributed by atoms with Crippen LogP contribution >= 0.6 is 23.4 Å². The largest absolute Gasteiger partial charge is 0.444 e. The first-order valence-electron chi connectivity index (χ1n) is 13.1. The maximum atomic E-state index is 12.3. The van der Waals surface area contributed by atoms with Gasteiger partial charge in [0, 0.05) is 35.8 Å². The van der Waals surface area contributed by atoms with Crippen molar-refractivity contribution in [2.24, 2.45) is 0 Å². The van der Waals surface area contributed by atoms with Gasteiger partial charge in [0.15, 0.2) is 5.82 Å². The molecule has 2 fully saturated rings. The Morgan fingerprint density at radius 3 is 2.66 bits per heavy atom. The van der Waals surface area contributed by atoms with Crippen LogP contribution in [0.2, 0.25) is 5.02 Å². The van der Waals surface area contributed by atoms with Gasteiger partial charge >= 0.3 is 6.09 Å². The number of anilines is 2. The molecule has 4 N–H and O–H groups in total. The van der Waals surface area contributed by atoms with Gasteiger partial charge in [0.25, 0.3) is 0 Å². The second-order valence-corrected chi connectivity index (χ2v) is 12.5. The summed E-state index contributed by atoms with van der Waals surface area (Å²) in [6.07, 6.45) is 6.52. The lowest BCUT2D eigenvalue weighted by molar-refractivity contribution is 0.0448. The lowest BCUT2D eigenvalue weighted by atomic mass is 9.89. The Labute approximate surface area is 233 Å². The maximum Gasteiger partial charge on any atom is 0.408 e. The Kier molecular flexibility index (Phi) is 9.23. The summed E-state index contributed by atoms with van der Waals surface area (Å²) in [7, 11) is 0. The summed E-state index contributed by atoms with van der Waals surface area (Å²) in [5.41, 5.74) is -0.408. The minimum atomic E-state index is -0.543. The molecule has 4 heterocycles. The van der Waals surface area contributed by atoms with E-state index in [9.17, 15) is 9.90 Å². The third-order valence-corrected chi connectivity index (χ3v) is 8.13. The number of amides is 1. The van der Waals surface area contributed by atoms with Crippen LogP contribution in [0, 0.1) is 0 Å². The first-order valence-corrected chi connectivity index (χ1v) is 14.3. The third kappa shape index (κ3) is 7.62. The first kappa shape index (κ1) is 28.7. The van der Waals surface area contributed by atoms with Crippen molar-refractivity contribution in [3.8, 4) is 0 Å². The topological polar surface area (TPSA) is 125 Å². The van der Waals surface area contributed by atoms with Crippen molar-refractivity contribution in [3.63, 3.8) is 0 Å². The fourth-order valence-electron chi connectivity index (χ4n) is 4.59. The zero-order chi connectivity index (χ0) is 27.3. The molecule has 10 nitrogen and oxygen atoms in total. The predicted molar refractivity (Wildman–Crippen MR) is 150 cm³/mol. The molecule has 0 spiro atoms. The molecule has 2 aromatic heterocycles. The van der Waals surface area contributed by atoms with E-state index in [1.807, 2.05) is 33.8 Å². The van der Waals surface area contributed by atoms with Crippen LogP contribution in [0.25, 0.3) is 0 Å². The van der Waals surface area contributed by atoms with Gasteiger partial charge in [0.1, 0.15) is 22.1 Å². The van der Waals surface area contributed by atoms with E-state index in [0.29, 0.717) is 46.5 Å². The zero-order valence-corrected chi connectivity index (χ0v) is 24.1. The Balaban J connectivity index is 1.40. The smallest absolute Gasteiger partial charge is 0.408 e. The number of carbonyl (C=O) groups is 1. The van der Waals surface area contributed by atoms with Gasteiger partial charge in [-0.15, -0.1) is 0 Å². The molecule has 38 heavy (non-hydrogen) atoms. The van der Waals surface area contributed by atoms with Crippen molar-refractivity contribution in [1.82, 2.24) is 25.6 Å². The lowest BCUT2D eigenvalue weighted by Gasteiger charge is -2.40. The molecule has 12 heteroatoms. The van der Waals surface area contributed by atoms with Gasteiger partial charge in [0.05, 0.1) is 17.8 Å². The first-order chi connectivity index (χ1) is 18.0. The standard InChI is InChI=1S/C26H38ClN7O3S/c1-25(2,3)37-24(36)33-26(4)8-13-34(14-9-26)23-18(16-35)32-20(15-30-23)38-19-7-12-29-22(21(19)27)31-17-5-10-28-11-6-17/h7,12,15,17,28,35H,5-6,8-11,13-14,16H2,1-4H3,(H,29,31)(H,33,36). The highest BCUT2D eigenvalue weighted by atomic mass is 35.5. The highest BCUT2D eigenvalue weighted by Gasteiger charge is 2.34. The number of ether oxygens (including phenoxy) is 1. The number of aliphatic hydroxyl groups excluding tert-OH is 1. The summed E-state index contributed by atoms with van der Waals surface area (Å²) in [6.45, 7) is 10.6. The van der Waals surface area contributed by atoms with E-state index in [-0.39, 0.29) is 12.1 Å². The van der Waals surface area contributed by atoms with Crippen LogP contribution < -0.4 is 20.9 Å².